The van der Waals surface area contributed by atoms with Gasteiger partial charge in [0, 0.05) is 22.0 Å². The minimum Gasteiger partial charge on any atom is -0.287 e. The van der Waals surface area contributed by atoms with Crippen molar-refractivity contribution in [1.29, 1.82) is 0 Å². The fraction of sp³-hybridized carbons (Fsp3) is 0.167. The van der Waals surface area contributed by atoms with Crippen LogP contribution in [0.5, 0.6) is 0 Å². The van der Waals surface area contributed by atoms with E-state index < -0.39 is 10.0 Å². The topological polar surface area (TPSA) is 78.0 Å². The second kappa shape index (κ2) is 8.26. The number of hydrogen-bond acceptors (Lipinski definition) is 4. The third-order valence-electron chi connectivity index (χ3n) is 3.67. The van der Waals surface area contributed by atoms with Crippen molar-refractivity contribution in [3.05, 3.63) is 65.8 Å². The highest BCUT2D eigenvalue weighted by Gasteiger charge is 2.14. The molecule has 0 amide bonds. The van der Waals surface area contributed by atoms with Gasteiger partial charge in [-0.2, -0.15) is 0 Å². The molecule has 0 aliphatic heterocycles. The fourth-order valence-corrected chi connectivity index (χ4v) is 4.38. The minimum atomic E-state index is -3.44. The highest BCUT2D eigenvalue weighted by atomic mass is 35.5. The van der Waals surface area contributed by atoms with E-state index in [-0.39, 0.29) is 5.75 Å². The third-order valence-corrected chi connectivity index (χ3v) is 5.80. The normalized spacial score (nSPS) is 11.6. The van der Waals surface area contributed by atoms with E-state index in [1.807, 2.05) is 65.4 Å². The van der Waals surface area contributed by atoms with E-state index in [9.17, 15) is 8.42 Å². The maximum atomic E-state index is 11.1. The van der Waals surface area contributed by atoms with Crippen molar-refractivity contribution < 1.29 is 8.42 Å². The highest BCUT2D eigenvalue weighted by molar-refractivity contribution is 7.99. The van der Waals surface area contributed by atoms with Gasteiger partial charge in [0.15, 0.2) is 5.16 Å². The van der Waals surface area contributed by atoms with Gasteiger partial charge in [-0.05, 0) is 24.6 Å². The third kappa shape index (κ3) is 4.88. The molecule has 26 heavy (non-hydrogen) atoms. The van der Waals surface area contributed by atoms with Crippen molar-refractivity contribution in [2.45, 2.75) is 11.6 Å². The average molecular weight is 408 g/mol. The van der Waals surface area contributed by atoms with Gasteiger partial charge in [-0.1, -0.05) is 59.8 Å². The zero-order valence-corrected chi connectivity index (χ0v) is 16.3. The van der Waals surface area contributed by atoms with Gasteiger partial charge in [0.2, 0.25) is 10.0 Å². The zero-order valence-electron chi connectivity index (χ0n) is 13.9. The summed E-state index contributed by atoms with van der Waals surface area (Å²) in [4.78, 5) is 4.53. The molecule has 0 saturated carbocycles. The Kier molecular flexibility index (Phi) is 6.03. The summed E-state index contributed by atoms with van der Waals surface area (Å²) in [5.41, 5.74) is 2.89. The predicted molar refractivity (Wildman–Crippen MR) is 107 cm³/mol. The lowest BCUT2D eigenvalue weighted by Crippen LogP contribution is -2.16. The first-order valence-electron chi connectivity index (χ1n) is 7.96. The first kappa shape index (κ1) is 19.0. The maximum absolute atomic E-state index is 11.1. The van der Waals surface area contributed by atoms with E-state index in [0.29, 0.717) is 17.2 Å². The summed E-state index contributed by atoms with van der Waals surface area (Å²) < 4.78 is 24.2. The number of nitrogens with two attached hydrogens (primary N) is 1. The predicted octanol–water partition coefficient (Wildman–Crippen LogP) is 3.96. The Labute approximate surface area is 162 Å². The molecule has 0 bridgehead atoms. The molecule has 0 radical (unpaired) electrons. The molecule has 5 nitrogen and oxygen atoms in total. The summed E-state index contributed by atoms with van der Waals surface area (Å²) in [6, 6.07) is 17.5. The number of nitrogens with zero attached hydrogens (tertiary/aromatic N) is 2. The van der Waals surface area contributed by atoms with Gasteiger partial charge < -0.3 is 0 Å². The van der Waals surface area contributed by atoms with Gasteiger partial charge >= 0.3 is 0 Å². The Hall–Kier alpha value is -1.80. The highest BCUT2D eigenvalue weighted by Crippen LogP contribution is 2.30. The van der Waals surface area contributed by atoms with Crippen LogP contribution in [0, 0.1) is 0 Å². The van der Waals surface area contributed by atoms with Crippen molar-refractivity contribution >= 4 is 33.4 Å². The first-order valence-corrected chi connectivity index (χ1v) is 11.0. The smallest absolute Gasteiger partial charge is 0.209 e. The van der Waals surface area contributed by atoms with Gasteiger partial charge in [-0.25, -0.2) is 18.5 Å². The van der Waals surface area contributed by atoms with Gasteiger partial charge in [-0.3, -0.25) is 4.57 Å². The second-order valence-corrected chi connectivity index (χ2v) is 8.91. The molecule has 136 valence electrons. The quantitative estimate of drug-likeness (QED) is 0.475. The number of rotatable bonds is 7. The van der Waals surface area contributed by atoms with Gasteiger partial charge in [0.05, 0.1) is 17.6 Å². The van der Waals surface area contributed by atoms with Crippen LogP contribution in [0.2, 0.25) is 5.02 Å². The lowest BCUT2D eigenvalue weighted by Gasteiger charge is -2.12. The lowest BCUT2D eigenvalue weighted by atomic mass is 10.1. The standard InChI is InChI=1S/C18H18ClN3O2S2/c19-15-8-4-9-16(12-15)22-17(14-6-2-1-3-7-14)13-21-18(22)25-10-5-11-26(20,23)24/h1-4,6-9,12-13H,5,10-11H2,(H2,20,23,24). The Morgan fingerprint density at radius 2 is 1.88 bits per heavy atom. The molecule has 8 heteroatoms. The molecule has 3 rings (SSSR count). The largest absolute Gasteiger partial charge is 0.287 e. The van der Waals surface area contributed by atoms with Crippen molar-refractivity contribution in [3.63, 3.8) is 0 Å². The van der Waals surface area contributed by atoms with Crippen LogP contribution >= 0.6 is 23.4 Å². The maximum Gasteiger partial charge on any atom is 0.209 e. The monoisotopic (exact) mass is 407 g/mol. The van der Waals surface area contributed by atoms with Gasteiger partial charge in [0.25, 0.3) is 0 Å². The second-order valence-electron chi connectivity index (χ2n) is 5.68. The van der Waals surface area contributed by atoms with E-state index >= 15 is 0 Å². The van der Waals surface area contributed by atoms with E-state index in [4.69, 9.17) is 16.7 Å². The summed E-state index contributed by atoms with van der Waals surface area (Å²) >= 11 is 7.66. The number of primary sulfonamides is 1. The molecule has 0 atom stereocenters. The molecular weight excluding hydrogens is 390 g/mol. The molecule has 0 spiro atoms. The summed E-state index contributed by atoms with van der Waals surface area (Å²) in [7, 11) is -3.44. The summed E-state index contributed by atoms with van der Waals surface area (Å²) in [5.74, 6) is 0.561. The Bertz CT molecular complexity index is 989. The summed E-state index contributed by atoms with van der Waals surface area (Å²) in [5, 5.41) is 6.48. The molecule has 0 saturated heterocycles. The van der Waals surface area contributed by atoms with Crippen molar-refractivity contribution in [3.8, 4) is 16.9 Å². The number of imidazole rings is 1. The molecule has 1 aromatic heterocycles. The average Bonchev–Trinajstić information content (AvgIpc) is 3.02. The lowest BCUT2D eigenvalue weighted by molar-refractivity contribution is 0.596. The number of halogens is 1. The molecule has 2 N–H and O–H groups in total. The molecule has 0 aliphatic carbocycles. The van der Waals surface area contributed by atoms with Gasteiger partial charge in [-0.15, -0.1) is 0 Å². The summed E-state index contributed by atoms with van der Waals surface area (Å²) in [6.07, 6.45) is 2.28. The molecule has 0 aliphatic rings. The number of benzene rings is 2. The van der Waals surface area contributed by atoms with Crippen LogP contribution in [0.3, 0.4) is 0 Å². The van der Waals surface area contributed by atoms with Crippen LogP contribution in [0.15, 0.2) is 66.0 Å². The Balaban J connectivity index is 1.93. The van der Waals surface area contributed by atoms with Crippen LogP contribution in [0.25, 0.3) is 16.9 Å². The van der Waals surface area contributed by atoms with Crippen molar-refractivity contribution in [1.82, 2.24) is 9.55 Å². The van der Waals surface area contributed by atoms with Crippen LogP contribution in [0.1, 0.15) is 6.42 Å². The number of hydrogen-bond donors (Lipinski definition) is 1. The number of aromatic nitrogens is 2. The first-order chi connectivity index (χ1) is 12.4. The molecule has 0 unspecified atom stereocenters. The number of thioether (sulfide) groups is 1. The molecule has 3 aromatic rings. The van der Waals surface area contributed by atoms with E-state index in [1.54, 1.807) is 0 Å². The van der Waals surface area contributed by atoms with E-state index in [0.717, 1.165) is 22.1 Å². The zero-order chi connectivity index (χ0) is 18.6. The van der Waals surface area contributed by atoms with Crippen LogP contribution in [0.4, 0.5) is 0 Å². The van der Waals surface area contributed by atoms with Crippen molar-refractivity contribution in [2.24, 2.45) is 5.14 Å². The molecule has 0 fully saturated rings. The Morgan fingerprint density at radius 3 is 2.58 bits per heavy atom. The van der Waals surface area contributed by atoms with Crippen molar-refractivity contribution in [2.75, 3.05) is 11.5 Å². The minimum absolute atomic E-state index is 0.0383. The van der Waals surface area contributed by atoms with Crippen LogP contribution < -0.4 is 5.14 Å². The van der Waals surface area contributed by atoms with Crippen LogP contribution in [-0.4, -0.2) is 29.5 Å². The molecule has 1 heterocycles. The Morgan fingerprint density at radius 1 is 1.12 bits per heavy atom. The summed E-state index contributed by atoms with van der Waals surface area (Å²) in [6.45, 7) is 0. The van der Waals surface area contributed by atoms with E-state index in [1.165, 1.54) is 11.8 Å². The number of sulfonamides is 1. The molecule has 2 aromatic carbocycles. The van der Waals surface area contributed by atoms with Crippen LogP contribution in [-0.2, 0) is 10.0 Å². The van der Waals surface area contributed by atoms with E-state index in [2.05, 4.69) is 4.98 Å². The van der Waals surface area contributed by atoms with Gasteiger partial charge in [0.1, 0.15) is 0 Å². The fourth-order valence-electron chi connectivity index (χ4n) is 2.54. The molecular formula is C18H18ClN3O2S2. The SMILES string of the molecule is NS(=O)(=O)CCCSc1ncc(-c2ccccc2)n1-c1cccc(Cl)c1.